The smallest absolute Gasteiger partial charge is 0.225 e. The Kier molecular flexibility index (Phi) is 6.37. The zero-order valence-corrected chi connectivity index (χ0v) is 16.6. The molecular weight excluding hydrogens is 364 g/mol. The molecule has 3 atom stereocenters. The Labute approximate surface area is 172 Å². The van der Waals surface area contributed by atoms with Crippen LogP contribution < -0.4 is 5.32 Å². The van der Waals surface area contributed by atoms with Crippen LogP contribution in [0.25, 0.3) is 0 Å². The summed E-state index contributed by atoms with van der Waals surface area (Å²) in [7, 11) is 0. The molecule has 0 bridgehead atoms. The molecule has 2 heterocycles. The molecule has 1 amide bonds. The molecule has 2 aliphatic heterocycles. The van der Waals surface area contributed by atoms with Crippen LogP contribution in [-0.4, -0.2) is 48.9 Å². The zero-order valence-electron chi connectivity index (χ0n) is 16.6. The van der Waals surface area contributed by atoms with Crippen molar-refractivity contribution in [3.63, 3.8) is 0 Å². The fourth-order valence-electron chi connectivity index (χ4n) is 4.37. The number of likely N-dealkylation sites (tertiary alicyclic amines) is 1. The third-order valence-corrected chi connectivity index (χ3v) is 5.88. The molecule has 2 aromatic rings. The highest BCUT2D eigenvalue weighted by atomic mass is 16.5. The van der Waals surface area contributed by atoms with Gasteiger partial charge >= 0.3 is 0 Å². The van der Waals surface area contributed by atoms with Gasteiger partial charge in [-0.15, -0.1) is 0 Å². The van der Waals surface area contributed by atoms with Crippen LogP contribution in [0, 0.1) is 11.8 Å². The number of amides is 1. The van der Waals surface area contributed by atoms with Crippen molar-refractivity contribution in [2.75, 3.05) is 26.3 Å². The topological polar surface area (TPSA) is 58.6 Å². The van der Waals surface area contributed by atoms with Crippen molar-refractivity contribution in [2.24, 2.45) is 11.8 Å². The summed E-state index contributed by atoms with van der Waals surface area (Å²) in [4.78, 5) is 28.6. The van der Waals surface area contributed by atoms with E-state index in [2.05, 4.69) is 22.3 Å². The van der Waals surface area contributed by atoms with Gasteiger partial charge in [-0.25, -0.2) is 0 Å². The van der Waals surface area contributed by atoms with Crippen LogP contribution in [0.5, 0.6) is 0 Å². The molecular formula is C24H28N2O3. The summed E-state index contributed by atoms with van der Waals surface area (Å²) in [5.41, 5.74) is 1.87. The van der Waals surface area contributed by atoms with Crippen LogP contribution in [-0.2, 0) is 16.1 Å². The summed E-state index contributed by atoms with van der Waals surface area (Å²) >= 11 is 0. The molecule has 4 rings (SSSR count). The number of rotatable bonds is 6. The van der Waals surface area contributed by atoms with E-state index in [0.29, 0.717) is 25.3 Å². The van der Waals surface area contributed by atoms with Crippen LogP contribution in [0.1, 0.15) is 28.8 Å². The van der Waals surface area contributed by atoms with E-state index in [9.17, 15) is 9.59 Å². The lowest BCUT2D eigenvalue weighted by Gasteiger charge is -2.26. The average Bonchev–Trinajstić information content (AvgIpc) is 3.19. The Morgan fingerprint density at radius 2 is 1.66 bits per heavy atom. The molecule has 1 N–H and O–H groups in total. The molecule has 2 fully saturated rings. The molecule has 0 spiro atoms. The lowest BCUT2D eigenvalue weighted by atomic mass is 9.87. The van der Waals surface area contributed by atoms with Gasteiger partial charge in [0.1, 0.15) is 0 Å². The van der Waals surface area contributed by atoms with Gasteiger partial charge in [-0.3, -0.25) is 14.5 Å². The molecule has 5 nitrogen and oxygen atoms in total. The second-order valence-corrected chi connectivity index (χ2v) is 8.05. The maximum absolute atomic E-state index is 13.2. The minimum atomic E-state index is -0.339. The van der Waals surface area contributed by atoms with Gasteiger partial charge in [0, 0.05) is 37.7 Å². The number of Topliss-reactive ketones (excluding diaryl/α,β-unsaturated/α-hetero) is 1. The van der Waals surface area contributed by atoms with Crippen molar-refractivity contribution < 1.29 is 14.3 Å². The van der Waals surface area contributed by atoms with Crippen molar-refractivity contribution >= 4 is 11.7 Å². The predicted molar refractivity (Wildman–Crippen MR) is 111 cm³/mol. The van der Waals surface area contributed by atoms with E-state index >= 15 is 0 Å². The Balaban J connectivity index is 1.50. The molecule has 2 aromatic carbocycles. The highest BCUT2D eigenvalue weighted by Gasteiger charge is 2.42. The summed E-state index contributed by atoms with van der Waals surface area (Å²) in [5.74, 6) is -0.634. The summed E-state index contributed by atoms with van der Waals surface area (Å²) in [6.45, 7) is 3.26. The highest BCUT2D eigenvalue weighted by Crippen LogP contribution is 2.29. The summed E-state index contributed by atoms with van der Waals surface area (Å²) in [6.07, 6.45) is 1.89. The van der Waals surface area contributed by atoms with Gasteiger partial charge in [-0.05, 0) is 18.4 Å². The minimum absolute atomic E-state index is 0.0228. The van der Waals surface area contributed by atoms with Gasteiger partial charge in [0.15, 0.2) is 5.78 Å². The molecule has 2 aliphatic rings. The quantitative estimate of drug-likeness (QED) is 0.768. The van der Waals surface area contributed by atoms with Gasteiger partial charge in [0.05, 0.1) is 18.6 Å². The molecule has 0 saturated carbocycles. The summed E-state index contributed by atoms with van der Waals surface area (Å²) in [6, 6.07) is 19.6. The average molecular weight is 392 g/mol. The normalized spacial score (nSPS) is 24.9. The van der Waals surface area contributed by atoms with Crippen molar-refractivity contribution in [1.29, 1.82) is 0 Å². The first-order valence-electron chi connectivity index (χ1n) is 10.4. The van der Waals surface area contributed by atoms with Crippen molar-refractivity contribution in [3.8, 4) is 0 Å². The molecule has 5 heteroatoms. The van der Waals surface area contributed by atoms with Crippen molar-refractivity contribution in [3.05, 3.63) is 71.8 Å². The highest BCUT2D eigenvalue weighted by molar-refractivity contribution is 6.01. The van der Waals surface area contributed by atoms with Gasteiger partial charge in [-0.2, -0.15) is 0 Å². The number of ether oxygens (including phenoxy) is 1. The molecule has 2 saturated heterocycles. The molecule has 0 aliphatic carbocycles. The number of nitrogens with zero attached hydrogens (tertiary/aromatic N) is 1. The summed E-state index contributed by atoms with van der Waals surface area (Å²) < 4.78 is 5.50. The first kappa shape index (κ1) is 19.8. The van der Waals surface area contributed by atoms with Crippen LogP contribution in [0.15, 0.2) is 60.7 Å². The maximum atomic E-state index is 13.2. The number of benzene rings is 2. The van der Waals surface area contributed by atoms with Crippen molar-refractivity contribution in [2.45, 2.75) is 25.4 Å². The van der Waals surface area contributed by atoms with E-state index in [4.69, 9.17) is 4.74 Å². The van der Waals surface area contributed by atoms with E-state index in [0.717, 1.165) is 26.0 Å². The van der Waals surface area contributed by atoms with Crippen LogP contribution >= 0.6 is 0 Å². The molecule has 152 valence electrons. The van der Waals surface area contributed by atoms with E-state index in [-0.39, 0.29) is 29.6 Å². The predicted octanol–water partition coefficient (Wildman–Crippen LogP) is 2.91. The lowest BCUT2D eigenvalue weighted by Crippen LogP contribution is -2.46. The fourth-order valence-corrected chi connectivity index (χ4v) is 4.37. The van der Waals surface area contributed by atoms with Gasteiger partial charge in [0.25, 0.3) is 0 Å². The Hall–Kier alpha value is -2.50. The molecule has 0 aromatic heterocycles. The number of nitrogens with one attached hydrogen (secondary N) is 1. The molecule has 0 unspecified atom stereocenters. The van der Waals surface area contributed by atoms with Crippen molar-refractivity contribution in [1.82, 2.24) is 10.2 Å². The first-order chi connectivity index (χ1) is 14.2. The number of carbonyl (C=O) groups is 2. The largest absolute Gasteiger partial charge is 0.379 e. The Morgan fingerprint density at radius 3 is 2.34 bits per heavy atom. The number of ketones is 1. The fraction of sp³-hybridized carbons (Fsp3) is 0.417. The van der Waals surface area contributed by atoms with E-state index < -0.39 is 0 Å². The van der Waals surface area contributed by atoms with Crippen LogP contribution in [0.2, 0.25) is 0 Å². The number of hydrogen-bond acceptors (Lipinski definition) is 4. The van der Waals surface area contributed by atoms with Crippen LogP contribution in [0.4, 0.5) is 0 Å². The SMILES string of the molecule is O=C(N[C@H]1CCCOC1)[C@H]1CN(Cc2ccccc2)C[C@@H]1C(=O)c1ccccc1. The number of hydrogen-bond donors (Lipinski definition) is 1. The van der Waals surface area contributed by atoms with Crippen LogP contribution in [0.3, 0.4) is 0 Å². The monoisotopic (exact) mass is 392 g/mol. The molecule has 29 heavy (non-hydrogen) atoms. The van der Waals surface area contributed by atoms with E-state index in [1.54, 1.807) is 0 Å². The van der Waals surface area contributed by atoms with Gasteiger partial charge in [-0.1, -0.05) is 60.7 Å². The van der Waals surface area contributed by atoms with E-state index in [1.165, 1.54) is 5.56 Å². The standard InChI is InChI=1S/C24H28N2O3/c27-23(19-10-5-2-6-11-19)21-15-26(14-18-8-3-1-4-9-18)16-22(21)24(28)25-20-12-7-13-29-17-20/h1-6,8-11,20-22H,7,12-17H2,(H,25,28)/t20-,21-,22-/m0/s1. The zero-order chi connectivity index (χ0) is 20.1. The maximum Gasteiger partial charge on any atom is 0.225 e. The van der Waals surface area contributed by atoms with E-state index in [1.807, 2.05) is 48.5 Å². The number of carbonyl (C=O) groups excluding carboxylic acids is 2. The molecule has 0 radical (unpaired) electrons. The first-order valence-corrected chi connectivity index (χ1v) is 10.4. The second-order valence-electron chi connectivity index (χ2n) is 8.05. The lowest BCUT2D eigenvalue weighted by molar-refractivity contribution is -0.127. The third-order valence-electron chi connectivity index (χ3n) is 5.88. The Morgan fingerprint density at radius 1 is 0.966 bits per heavy atom. The van der Waals surface area contributed by atoms with Gasteiger partial charge < -0.3 is 10.1 Å². The van der Waals surface area contributed by atoms with Gasteiger partial charge in [0.2, 0.25) is 5.91 Å². The third kappa shape index (κ3) is 4.92. The second kappa shape index (κ2) is 9.33. The minimum Gasteiger partial charge on any atom is -0.379 e. The Bertz CT molecular complexity index is 819. The summed E-state index contributed by atoms with van der Waals surface area (Å²) in [5, 5.41) is 3.14.